The predicted molar refractivity (Wildman–Crippen MR) is 86.6 cm³/mol. The van der Waals surface area contributed by atoms with Gasteiger partial charge in [0.05, 0.1) is 0 Å². The van der Waals surface area contributed by atoms with Crippen LogP contribution in [0.3, 0.4) is 0 Å². The molecule has 1 heterocycles. The maximum atomic E-state index is 13.5. The first-order valence-corrected chi connectivity index (χ1v) is 8.01. The summed E-state index contributed by atoms with van der Waals surface area (Å²) in [4.78, 5) is -0.552. The molecule has 2 aromatic carbocycles. The number of aryl methyl sites for hydroxylation is 1. The zero-order valence-electron chi connectivity index (χ0n) is 11.7. The van der Waals surface area contributed by atoms with Gasteiger partial charge in [0.15, 0.2) is 0 Å². The van der Waals surface area contributed by atoms with Crippen molar-refractivity contribution in [3.8, 4) is 11.1 Å². The highest BCUT2D eigenvalue weighted by Crippen LogP contribution is 2.47. The lowest BCUT2D eigenvalue weighted by atomic mass is 9.97. The zero-order chi connectivity index (χ0) is 15.9. The van der Waals surface area contributed by atoms with Gasteiger partial charge in [-0.15, -0.1) is 22.9 Å². The lowest BCUT2D eigenvalue weighted by Gasteiger charge is -2.11. The number of hydrogen-bond donors (Lipinski definition) is 0. The van der Waals surface area contributed by atoms with E-state index in [0.717, 1.165) is 22.5 Å². The second kappa shape index (κ2) is 5.60. The summed E-state index contributed by atoms with van der Waals surface area (Å²) < 4.78 is 41.0. The van der Waals surface area contributed by atoms with Crippen LogP contribution < -0.4 is 0 Å². The van der Waals surface area contributed by atoms with E-state index in [1.165, 1.54) is 0 Å². The second-order valence-corrected chi connectivity index (χ2v) is 6.40. The summed E-state index contributed by atoms with van der Waals surface area (Å²) >= 11 is 6.62. The Bertz CT molecular complexity index is 834. The summed E-state index contributed by atoms with van der Waals surface area (Å²) in [6, 6.07) is 12.4. The minimum Gasteiger partial charge on any atom is -0.165 e. The first kappa shape index (κ1) is 15.4. The highest BCUT2D eigenvalue weighted by molar-refractivity contribution is 7.19. The Morgan fingerprint density at radius 3 is 2.45 bits per heavy atom. The Morgan fingerprint density at radius 2 is 1.82 bits per heavy atom. The minimum absolute atomic E-state index is 0.262. The van der Waals surface area contributed by atoms with Crippen LogP contribution in [-0.4, -0.2) is 0 Å². The third kappa shape index (κ3) is 2.61. The number of fused-ring (bicyclic) bond motifs is 1. The van der Waals surface area contributed by atoms with Crippen molar-refractivity contribution in [3.05, 3.63) is 58.5 Å². The van der Waals surface area contributed by atoms with Gasteiger partial charge >= 0.3 is 6.18 Å². The number of hydrogen-bond acceptors (Lipinski definition) is 1. The molecule has 0 aliphatic rings. The van der Waals surface area contributed by atoms with Crippen molar-refractivity contribution in [2.75, 3.05) is 0 Å². The van der Waals surface area contributed by atoms with Crippen molar-refractivity contribution in [1.29, 1.82) is 0 Å². The standard InChI is InChI=1S/C17H12ClF3S/c1-10-4-2-3-5-12(10)15-13-8-11(9-18)6-7-14(13)22-16(15)17(19,20)21/h2-8H,9H2,1H3. The van der Waals surface area contributed by atoms with Crippen LogP contribution in [0.1, 0.15) is 16.0 Å². The van der Waals surface area contributed by atoms with Crippen LogP contribution >= 0.6 is 22.9 Å². The molecule has 0 aliphatic carbocycles. The van der Waals surface area contributed by atoms with Crippen LogP contribution in [0.15, 0.2) is 42.5 Å². The molecule has 3 aromatic rings. The largest absolute Gasteiger partial charge is 0.426 e. The maximum absolute atomic E-state index is 13.5. The van der Waals surface area contributed by atoms with Gasteiger partial charge in [-0.1, -0.05) is 30.3 Å². The van der Waals surface area contributed by atoms with Crippen molar-refractivity contribution in [2.24, 2.45) is 0 Å². The molecule has 0 N–H and O–H groups in total. The first-order valence-electron chi connectivity index (χ1n) is 6.66. The molecule has 0 amide bonds. The summed E-state index contributed by atoms with van der Waals surface area (Å²) in [5.74, 6) is 0.278. The molecule has 0 nitrogen and oxygen atoms in total. The van der Waals surface area contributed by atoms with Gasteiger partial charge in [0.25, 0.3) is 0 Å². The van der Waals surface area contributed by atoms with E-state index in [-0.39, 0.29) is 11.4 Å². The molecular formula is C17H12ClF3S. The fraction of sp³-hybridized carbons (Fsp3) is 0.176. The van der Waals surface area contributed by atoms with Gasteiger partial charge in [-0.2, -0.15) is 13.2 Å². The Labute approximate surface area is 135 Å². The molecule has 1 aromatic heterocycles. The highest BCUT2D eigenvalue weighted by Gasteiger charge is 2.37. The molecule has 0 saturated carbocycles. The van der Waals surface area contributed by atoms with Gasteiger partial charge in [-0.25, -0.2) is 0 Å². The van der Waals surface area contributed by atoms with Crippen LogP contribution in [0.4, 0.5) is 13.2 Å². The van der Waals surface area contributed by atoms with Crippen molar-refractivity contribution < 1.29 is 13.2 Å². The van der Waals surface area contributed by atoms with E-state index in [4.69, 9.17) is 11.6 Å². The number of rotatable bonds is 2. The minimum atomic E-state index is -4.37. The fourth-order valence-electron chi connectivity index (χ4n) is 2.55. The van der Waals surface area contributed by atoms with Crippen LogP contribution in [0.25, 0.3) is 21.2 Å². The first-order chi connectivity index (χ1) is 10.4. The molecule has 22 heavy (non-hydrogen) atoms. The van der Waals surface area contributed by atoms with Crippen LogP contribution in [0.5, 0.6) is 0 Å². The van der Waals surface area contributed by atoms with Crippen LogP contribution in [0, 0.1) is 6.92 Å². The molecule has 0 unspecified atom stereocenters. The number of thiophene rings is 1. The van der Waals surface area contributed by atoms with Gasteiger partial charge < -0.3 is 0 Å². The molecule has 0 spiro atoms. The molecule has 0 saturated heterocycles. The van der Waals surface area contributed by atoms with Gasteiger partial charge in [-0.3, -0.25) is 0 Å². The summed E-state index contributed by atoms with van der Waals surface area (Å²) in [6.45, 7) is 1.82. The Morgan fingerprint density at radius 1 is 1.09 bits per heavy atom. The fourth-order valence-corrected chi connectivity index (χ4v) is 3.78. The average molecular weight is 341 g/mol. The second-order valence-electron chi connectivity index (χ2n) is 5.08. The van der Waals surface area contributed by atoms with E-state index >= 15 is 0 Å². The Kier molecular flexibility index (Phi) is 3.91. The average Bonchev–Trinajstić information content (AvgIpc) is 2.86. The summed E-state index contributed by atoms with van der Waals surface area (Å²) in [7, 11) is 0. The molecule has 0 bridgehead atoms. The van der Waals surface area contributed by atoms with Crippen molar-refractivity contribution in [3.63, 3.8) is 0 Å². The quantitative estimate of drug-likeness (QED) is 0.459. The lowest BCUT2D eigenvalue weighted by molar-refractivity contribution is -0.133. The van der Waals surface area contributed by atoms with Gasteiger partial charge in [-0.05, 0) is 35.7 Å². The van der Waals surface area contributed by atoms with Crippen molar-refractivity contribution >= 4 is 33.0 Å². The Hall–Kier alpha value is -1.52. The van der Waals surface area contributed by atoms with E-state index < -0.39 is 11.1 Å². The predicted octanol–water partition coefficient (Wildman–Crippen LogP) is 6.63. The van der Waals surface area contributed by atoms with Gasteiger partial charge in [0.1, 0.15) is 4.88 Å². The molecule has 5 heteroatoms. The van der Waals surface area contributed by atoms with Gasteiger partial charge in [0.2, 0.25) is 0 Å². The molecular weight excluding hydrogens is 329 g/mol. The lowest BCUT2D eigenvalue weighted by Crippen LogP contribution is -2.04. The molecule has 3 rings (SSSR count). The highest BCUT2D eigenvalue weighted by atomic mass is 35.5. The third-order valence-corrected chi connectivity index (χ3v) is 5.10. The summed E-state index contributed by atoms with van der Waals surface area (Å²) in [6.07, 6.45) is -4.37. The maximum Gasteiger partial charge on any atom is 0.426 e. The van der Waals surface area contributed by atoms with E-state index in [9.17, 15) is 13.2 Å². The number of halogens is 4. The van der Waals surface area contributed by atoms with Crippen LogP contribution in [0.2, 0.25) is 0 Å². The summed E-state index contributed by atoms with van der Waals surface area (Å²) in [5.41, 5.74) is 2.52. The normalized spacial score (nSPS) is 12.0. The summed E-state index contributed by atoms with van der Waals surface area (Å²) in [5, 5.41) is 0.616. The topological polar surface area (TPSA) is 0 Å². The smallest absolute Gasteiger partial charge is 0.165 e. The molecule has 0 aliphatic heterocycles. The SMILES string of the molecule is Cc1ccccc1-c1c(C(F)(F)F)sc2ccc(CCl)cc12. The van der Waals surface area contributed by atoms with Crippen molar-refractivity contribution in [2.45, 2.75) is 19.0 Å². The Balaban J connectivity index is 2.41. The molecule has 0 radical (unpaired) electrons. The third-order valence-electron chi connectivity index (χ3n) is 3.58. The zero-order valence-corrected chi connectivity index (χ0v) is 13.2. The van der Waals surface area contributed by atoms with E-state index in [2.05, 4.69) is 0 Å². The van der Waals surface area contributed by atoms with Crippen LogP contribution in [-0.2, 0) is 12.1 Å². The molecule has 114 valence electrons. The monoisotopic (exact) mass is 340 g/mol. The van der Waals surface area contributed by atoms with Crippen molar-refractivity contribution in [1.82, 2.24) is 0 Å². The number of benzene rings is 2. The molecule has 0 atom stereocenters. The number of alkyl halides is 4. The van der Waals surface area contributed by atoms with Gasteiger partial charge in [0, 0.05) is 21.5 Å². The van der Waals surface area contributed by atoms with E-state index in [1.54, 1.807) is 30.3 Å². The van der Waals surface area contributed by atoms with E-state index in [0.29, 0.717) is 15.6 Å². The molecule has 0 fully saturated rings. The van der Waals surface area contributed by atoms with E-state index in [1.807, 2.05) is 19.1 Å².